The zero-order chi connectivity index (χ0) is 32.1. The van der Waals surface area contributed by atoms with Crippen molar-refractivity contribution in [2.24, 2.45) is 0 Å². The molecule has 1 amide bonds. The van der Waals surface area contributed by atoms with Crippen LogP contribution < -0.4 is 25.8 Å². The first-order chi connectivity index (χ1) is 22.2. The van der Waals surface area contributed by atoms with Gasteiger partial charge >= 0.3 is 0 Å². The van der Waals surface area contributed by atoms with Crippen molar-refractivity contribution in [1.29, 1.82) is 0 Å². The van der Waals surface area contributed by atoms with E-state index in [2.05, 4.69) is 9.97 Å². The summed E-state index contributed by atoms with van der Waals surface area (Å²) >= 11 is 6.56. The Morgan fingerprint density at radius 1 is 1.00 bits per heavy atom. The Balaban J connectivity index is 1.38. The highest BCUT2D eigenvalue weighted by atomic mass is 35.5. The molecule has 11 nitrogen and oxygen atoms in total. The number of aromatic nitrogens is 4. The van der Waals surface area contributed by atoms with Crippen molar-refractivity contribution in [3.63, 3.8) is 0 Å². The van der Waals surface area contributed by atoms with Crippen LogP contribution in [0.4, 0.5) is 17.6 Å². The minimum atomic E-state index is -0.384. The SMILES string of the molecule is COc1ccc(CN2CN(C)C(=O)c3c2nc(N)nc3N2CCC[C@H]2c2nc3cccc(Cl)c3c(=O)n2-c2cccc(C)c2)cc1. The Kier molecular flexibility index (Phi) is 7.48. The third kappa shape index (κ3) is 5.06. The van der Waals surface area contributed by atoms with Crippen molar-refractivity contribution < 1.29 is 9.53 Å². The van der Waals surface area contributed by atoms with Crippen LogP contribution in [0.1, 0.15) is 46.2 Å². The number of methoxy groups -OCH3 is 1. The highest BCUT2D eigenvalue weighted by molar-refractivity contribution is 6.35. The van der Waals surface area contributed by atoms with E-state index in [1.807, 2.05) is 65.3 Å². The molecule has 0 spiro atoms. The molecule has 5 aromatic rings. The maximum atomic E-state index is 14.2. The van der Waals surface area contributed by atoms with Gasteiger partial charge in [-0.2, -0.15) is 9.97 Å². The zero-order valence-corrected chi connectivity index (χ0v) is 26.5. The Bertz CT molecular complexity index is 2050. The van der Waals surface area contributed by atoms with E-state index in [0.717, 1.165) is 23.3 Å². The van der Waals surface area contributed by atoms with E-state index < -0.39 is 0 Å². The lowest BCUT2D eigenvalue weighted by Crippen LogP contribution is -2.46. The third-order valence-electron chi connectivity index (χ3n) is 8.62. The minimum absolute atomic E-state index is 0.0609. The van der Waals surface area contributed by atoms with Crippen LogP contribution in [0.3, 0.4) is 0 Å². The van der Waals surface area contributed by atoms with Crippen LogP contribution in [0, 0.1) is 6.92 Å². The number of benzene rings is 3. The summed E-state index contributed by atoms with van der Waals surface area (Å²) in [6, 6.07) is 20.4. The summed E-state index contributed by atoms with van der Waals surface area (Å²) in [6.07, 6.45) is 1.48. The van der Waals surface area contributed by atoms with Gasteiger partial charge in [0.05, 0.1) is 41.4 Å². The summed E-state index contributed by atoms with van der Waals surface area (Å²) in [4.78, 5) is 48.1. The van der Waals surface area contributed by atoms with Gasteiger partial charge in [-0.05, 0) is 67.3 Å². The number of halogens is 1. The minimum Gasteiger partial charge on any atom is -0.497 e. The molecule has 4 heterocycles. The maximum Gasteiger partial charge on any atom is 0.267 e. The van der Waals surface area contributed by atoms with Gasteiger partial charge in [-0.1, -0.05) is 41.9 Å². The van der Waals surface area contributed by atoms with Crippen molar-refractivity contribution in [2.75, 3.05) is 42.9 Å². The fraction of sp³-hybridized carbons (Fsp3) is 0.265. The molecule has 2 aliphatic heterocycles. The van der Waals surface area contributed by atoms with Gasteiger partial charge in [-0.15, -0.1) is 0 Å². The Morgan fingerprint density at radius 2 is 1.76 bits per heavy atom. The molecule has 0 bridgehead atoms. The lowest BCUT2D eigenvalue weighted by Gasteiger charge is -2.38. The Hall–Kier alpha value is -5.16. The number of rotatable bonds is 6. The van der Waals surface area contributed by atoms with Gasteiger partial charge in [0.15, 0.2) is 5.82 Å². The van der Waals surface area contributed by atoms with E-state index in [-0.39, 0.29) is 23.5 Å². The van der Waals surface area contributed by atoms with Crippen molar-refractivity contribution in [1.82, 2.24) is 24.4 Å². The molecule has 2 aromatic heterocycles. The van der Waals surface area contributed by atoms with Crippen molar-refractivity contribution in [3.8, 4) is 11.4 Å². The predicted octanol–water partition coefficient (Wildman–Crippen LogP) is 5.12. The maximum absolute atomic E-state index is 14.2. The van der Waals surface area contributed by atoms with E-state index in [9.17, 15) is 9.59 Å². The molecule has 0 radical (unpaired) electrons. The zero-order valence-electron chi connectivity index (χ0n) is 25.8. The molecule has 0 unspecified atom stereocenters. The number of nitrogens with two attached hydrogens (primary N) is 1. The largest absolute Gasteiger partial charge is 0.497 e. The smallest absolute Gasteiger partial charge is 0.267 e. The van der Waals surface area contributed by atoms with Crippen LogP contribution in [0.2, 0.25) is 5.02 Å². The number of ether oxygens (including phenoxy) is 1. The molecular weight excluding hydrogens is 604 g/mol. The molecule has 7 rings (SSSR count). The molecule has 3 aromatic carbocycles. The summed E-state index contributed by atoms with van der Waals surface area (Å²) in [5.74, 6) is 2.07. The van der Waals surface area contributed by atoms with Gasteiger partial charge in [-0.3, -0.25) is 14.2 Å². The second kappa shape index (κ2) is 11.6. The highest BCUT2D eigenvalue weighted by Gasteiger charge is 2.39. The van der Waals surface area contributed by atoms with E-state index in [1.54, 1.807) is 41.8 Å². The summed E-state index contributed by atoms with van der Waals surface area (Å²) in [5, 5.41) is 0.697. The third-order valence-corrected chi connectivity index (χ3v) is 8.93. The van der Waals surface area contributed by atoms with Gasteiger partial charge < -0.3 is 25.2 Å². The standard InChI is InChI=1S/C34H33ClN8O3/c1-20-7-4-8-22(17-20)43-29(37-25-10-5-9-24(35)27(25)33(43)45)26-11-6-16-42(26)31-28-30(38-34(36)39-31)41(19-40(2)32(28)44)18-21-12-14-23(46-3)15-13-21/h4-5,7-10,12-15,17,26H,6,11,16,18-19H2,1-3H3,(H2,36,38,39)/t26-/m0/s1. The van der Waals surface area contributed by atoms with Gasteiger partial charge in [0.25, 0.3) is 11.5 Å². The lowest BCUT2D eigenvalue weighted by molar-refractivity contribution is 0.0780. The molecule has 0 aliphatic carbocycles. The van der Waals surface area contributed by atoms with Crippen LogP contribution in [0.25, 0.3) is 16.6 Å². The lowest BCUT2D eigenvalue weighted by atomic mass is 10.1. The molecule has 1 saturated heterocycles. The van der Waals surface area contributed by atoms with E-state index >= 15 is 0 Å². The number of fused-ring (bicyclic) bond motifs is 2. The Labute approximate surface area is 270 Å². The number of anilines is 3. The average molecular weight is 637 g/mol. The number of nitrogens with zero attached hydrogens (tertiary/aromatic N) is 7. The second-order valence-electron chi connectivity index (χ2n) is 11.7. The second-order valence-corrected chi connectivity index (χ2v) is 12.1. The number of hydrogen-bond acceptors (Lipinski definition) is 9. The van der Waals surface area contributed by atoms with E-state index in [1.165, 1.54) is 0 Å². The first kappa shape index (κ1) is 29.5. The molecule has 46 heavy (non-hydrogen) atoms. The van der Waals surface area contributed by atoms with Gasteiger partial charge in [0, 0.05) is 20.1 Å². The van der Waals surface area contributed by atoms with Crippen LogP contribution >= 0.6 is 11.6 Å². The number of hydrogen-bond donors (Lipinski definition) is 1. The molecule has 1 fully saturated rings. The van der Waals surface area contributed by atoms with Crippen molar-refractivity contribution in [3.05, 3.63) is 105 Å². The average Bonchev–Trinajstić information content (AvgIpc) is 3.53. The monoisotopic (exact) mass is 636 g/mol. The van der Waals surface area contributed by atoms with Gasteiger partial charge in [0.1, 0.15) is 23.0 Å². The van der Waals surface area contributed by atoms with Crippen molar-refractivity contribution >= 4 is 46.0 Å². The summed E-state index contributed by atoms with van der Waals surface area (Å²) in [5.41, 5.74) is 9.69. The molecule has 2 N–H and O–H groups in total. The first-order valence-electron chi connectivity index (χ1n) is 15.1. The fourth-order valence-corrected chi connectivity index (χ4v) is 6.72. The highest BCUT2D eigenvalue weighted by Crippen LogP contribution is 2.41. The van der Waals surface area contributed by atoms with Crippen molar-refractivity contribution in [2.45, 2.75) is 32.4 Å². The van der Waals surface area contributed by atoms with Crippen LogP contribution in [-0.4, -0.2) is 57.7 Å². The van der Waals surface area contributed by atoms with E-state index in [0.29, 0.717) is 70.8 Å². The van der Waals surface area contributed by atoms with Crippen LogP contribution in [0.15, 0.2) is 71.5 Å². The molecule has 2 aliphatic rings. The first-order valence-corrected chi connectivity index (χ1v) is 15.5. The van der Waals surface area contributed by atoms with Crippen LogP contribution in [0.5, 0.6) is 5.75 Å². The fourth-order valence-electron chi connectivity index (χ4n) is 6.47. The topological polar surface area (TPSA) is 123 Å². The summed E-state index contributed by atoms with van der Waals surface area (Å²) in [6.45, 7) is 3.39. The van der Waals surface area contributed by atoms with Gasteiger partial charge in [-0.25, -0.2) is 4.98 Å². The number of carbonyl (C=O) groups is 1. The number of carbonyl (C=O) groups excluding carboxylic acids is 1. The Morgan fingerprint density at radius 3 is 2.52 bits per heavy atom. The van der Waals surface area contributed by atoms with E-state index in [4.69, 9.17) is 27.1 Å². The molecule has 1 atom stereocenters. The molecular formula is C34H33ClN8O3. The normalized spacial score (nSPS) is 16.3. The quantitative estimate of drug-likeness (QED) is 0.271. The number of aryl methyl sites for hydroxylation is 1. The number of nitrogen functional groups attached to an aromatic ring is 1. The van der Waals surface area contributed by atoms with Crippen LogP contribution in [-0.2, 0) is 6.54 Å². The summed E-state index contributed by atoms with van der Waals surface area (Å²) in [7, 11) is 3.39. The van der Waals surface area contributed by atoms with Gasteiger partial charge in [0.2, 0.25) is 5.95 Å². The predicted molar refractivity (Wildman–Crippen MR) is 179 cm³/mol. The molecule has 234 valence electrons. The molecule has 0 saturated carbocycles. The number of amides is 1. The summed E-state index contributed by atoms with van der Waals surface area (Å²) < 4.78 is 6.96. The molecule has 12 heteroatoms.